The molecule has 3 rings (SSSR count). The topological polar surface area (TPSA) is 24.9 Å². The molecule has 2 heterocycles. The number of rotatable bonds is 3. The van der Waals surface area contributed by atoms with E-state index in [1.807, 2.05) is 18.5 Å². The van der Waals surface area contributed by atoms with Crippen LogP contribution in [0.4, 0.5) is 0 Å². The van der Waals surface area contributed by atoms with Gasteiger partial charge in [-0.15, -0.1) is 0 Å². The fourth-order valence-electron chi connectivity index (χ4n) is 2.98. The maximum atomic E-state index is 4.21. The highest BCUT2D eigenvalue weighted by Gasteiger charge is 2.46. The van der Waals surface area contributed by atoms with Gasteiger partial charge in [-0.3, -0.25) is 4.98 Å². The number of nitrogens with zero attached hydrogens (tertiary/aromatic N) is 1. The van der Waals surface area contributed by atoms with Gasteiger partial charge in [0.1, 0.15) is 0 Å². The van der Waals surface area contributed by atoms with Crippen molar-refractivity contribution in [3.8, 4) is 0 Å². The molecule has 1 unspecified atom stereocenters. The maximum absolute atomic E-state index is 4.21. The van der Waals surface area contributed by atoms with Crippen molar-refractivity contribution in [2.24, 2.45) is 5.92 Å². The zero-order valence-corrected chi connectivity index (χ0v) is 9.08. The molecule has 0 aromatic carbocycles. The van der Waals surface area contributed by atoms with E-state index in [4.69, 9.17) is 0 Å². The largest absolute Gasteiger partial charge is 0.311 e. The molecular weight excluding hydrogens is 184 g/mol. The Morgan fingerprint density at radius 3 is 3.00 bits per heavy atom. The van der Waals surface area contributed by atoms with Gasteiger partial charge in [0, 0.05) is 17.9 Å². The Labute approximate surface area is 91.1 Å². The van der Waals surface area contributed by atoms with Crippen LogP contribution in [0.25, 0.3) is 0 Å². The molecule has 2 heteroatoms. The summed E-state index contributed by atoms with van der Waals surface area (Å²) in [4.78, 5) is 4.21. The third-order valence-corrected chi connectivity index (χ3v) is 3.88. The van der Waals surface area contributed by atoms with Crippen LogP contribution < -0.4 is 5.32 Å². The van der Waals surface area contributed by atoms with Crippen molar-refractivity contribution >= 4 is 0 Å². The van der Waals surface area contributed by atoms with Gasteiger partial charge in [-0.2, -0.15) is 0 Å². The van der Waals surface area contributed by atoms with E-state index in [1.165, 1.54) is 44.2 Å². The fourth-order valence-corrected chi connectivity index (χ4v) is 2.98. The standard InChI is InChI=1S/C13H18N2/c1-3-11(10-14-7-1)9-13(12-4-5-12)6-2-8-15-13/h1,3,7,10,12,15H,2,4-6,8-9H2. The molecule has 15 heavy (non-hydrogen) atoms. The Kier molecular flexibility index (Phi) is 2.24. The van der Waals surface area contributed by atoms with Gasteiger partial charge in [0.25, 0.3) is 0 Å². The summed E-state index contributed by atoms with van der Waals surface area (Å²) in [5.74, 6) is 0.931. The minimum absolute atomic E-state index is 0.420. The lowest BCUT2D eigenvalue weighted by Crippen LogP contribution is -2.44. The molecule has 0 bridgehead atoms. The fraction of sp³-hybridized carbons (Fsp3) is 0.615. The van der Waals surface area contributed by atoms with Crippen molar-refractivity contribution in [2.75, 3.05) is 6.54 Å². The molecule has 0 amide bonds. The highest BCUT2D eigenvalue weighted by atomic mass is 15.0. The minimum Gasteiger partial charge on any atom is -0.311 e. The summed E-state index contributed by atoms with van der Waals surface area (Å²) in [6.07, 6.45) is 10.6. The van der Waals surface area contributed by atoms with Crippen LogP contribution in [0, 0.1) is 5.92 Å². The smallest absolute Gasteiger partial charge is 0.0300 e. The number of hydrogen-bond donors (Lipinski definition) is 1. The van der Waals surface area contributed by atoms with Crippen LogP contribution in [0.2, 0.25) is 0 Å². The second-order valence-corrected chi connectivity index (χ2v) is 5.00. The van der Waals surface area contributed by atoms with E-state index in [0.29, 0.717) is 5.54 Å². The Morgan fingerprint density at radius 2 is 2.40 bits per heavy atom. The SMILES string of the molecule is c1cncc(CC2(C3CC3)CCCN2)c1. The first-order valence-electron chi connectivity index (χ1n) is 6.03. The lowest BCUT2D eigenvalue weighted by atomic mass is 9.85. The van der Waals surface area contributed by atoms with Crippen molar-refractivity contribution in [3.63, 3.8) is 0 Å². The molecule has 1 aromatic rings. The van der Waals surface area contributed by atoms with Crippen molar-refractivity contribution in [1.29, 1.82) is 0 Å². The van der Waals surface area contributed by atoms with E-state index < -0.39 is 0 Å². The highest BCUT2D eigenvalue weighted by molar-refractivity contribution is 5.17. The molecule has 1 saturated carbocycles. The van der Waals surface area contributed by atoms with E-state index in [9.17, 15) is 0 Å². The summed E-state index contributed by atoms with van der Waals surface area (Å²) in [6, 6.07) is 4.25. The van der Waals surface area contributed by atoms with E-state index in [1.54, 1.807) is 0 Å². The van der Waals surface area contributed by atoms with E-state index in [2.05, 4.69) is 16.4 Å². The number of aromatic nitrogens is 1. The molecule has 1 aromatic heterocycles. The van der Waals surface area contributed by atoms with Gasteiger partial charge in [0.15, 0.2) is 0 Å². The van der Waals surface area contributed by atoms with Gasteiger partial charge in [0.2, 0.25) is 0 Å². The van der Waals surface area contributed by atoms with E-state index in [-0.39, 0.29) is 0 Å². The second-order valence-electron chi connectivity index (χ2n) is 5.00. The van der Waals surface area contributed by atoms with Crippen molar-refractivity contribution in [1.82, 2.24) is 10.3 Å². The second kappa shape index (κ2) is 3.60. The molecule has 2 nitrogen and oxygen atoms in total. The predicted molar refractivity (Wildman–Crippen MR) is 60.6 cm³/mol. The van der Waals surface area contributed by atoms with Crippen LogP contribution >= 0.6 is 0 Å². The summed E-state index contributed by atoms with van der Waals surface area (Å²) in [7, 11) is 0. The zero-order chi connectivity index (χ0) is 10.1. The molecule has 1 N–H and O–H groups in total. The molecule has 0 radical (unpaired) electrons. The minimum atomic E-state index is 0.420. The van der Waals surface area contributed by atoms with Crippen LogP contribution in [0.15, 0.2) is 24.5 Å². The van der Waals surface area contributed by atoms with Gasteiger partial charge in [-0.1, -0.05) is 6.07 Å². The van der Waals surface area contributed by atoms with Crippen LogP contribution in [0.5, 0.6) is 0 Å². The van der Waals surface area contributed by atoms with Crippen LogP contribution in [-0.4, -0.2) is 17.1 Å². The Bertz CT molecular complexity index is 324. The Hall–Kier alpha value is -0.890. The molecular formula is C13H18N2. The van der Waals surface area contributed by atoms with Crippen LogP contribution in [0.1, 0.15) is 31.2 Å². The monoisotopic (exact) mass is 202 g/mol. The molecule has 80 valence electrons. The van der Waals surface area contributed by atoms with Gasteiger partial charge in [-0.25, -0.2) is 0 Å². The summed E-state index contributed by atoms with van der Waals surface area (Å²) in [6.45, 7) is 1.21. The summed E-state index contributed by atoms with van der Waals surface area (Å²) >= 11 is 0. The molecule has 1 saturated heterocycles. The Balaban J connectivity index is 1.79. The Morgan fingerprint density at radius 1 is 1.47 bits per heavy atom. The first-order chi connectivity index (χ1) is 7.39. The summed E-state index contributed by atoms with van der Waals surface area (Å²) < 4.78 is 0. The normalized spacial score (nSPS) is 30.7. The average Bonchev–Trinajstić information content (AvgIpc) is 3.03. The van der Waals surface area contributed by atoms with Gasteiger partial charge < -0.3 is 5.32 Å². The van der Waals surface area contributed by atoms with E-state index >= 15 is 0 Å². The first kappa shape index (κ1) is 9.34. The summed E-state index contributed by atoms with van der Waals surface area (Å²) in [5, 5.41) is 3.75. The molecule has 1 aliphatic heterocycles. The first-order valence-corrected chi connectivity index (χ1v) is 6.03. The van der Waals surface area contributed by atoms with Gasteiger partial charge in [-0.05, 0) is 56.2 Å². The molecule has 1 aliphatic carbocycles. The van der Waals surface area contributed by atoms with Crippen molar-refractivity contribution in [3.05, 3.63) is 30.1 Å². The quantitative estimate of drug-likeness (QED) is 0.812. The zero-order valence-electron chi connectivity index (χ0n) is 9.08. The highest BCUT2D eigenvalue weighted by Crippen LogP contribution is 2.45. The lowest BCUT2D eigenvalue weighted by molar-refractivity contribution is 0.323. The number of nitrogens with one attached hydrogen (secondary N) is 1. The van der Waals surface area contributed by atoms with Crippen molar-refractivity contribution < 1.29 is 0 Å². The molecule has 1 atom stereocenters. The van der Waals surface area contributed by atoms with Crippen LogP contribution in [0.3, 0.4) is 0 Å². The van der Waals surface area contributed by atoms with Gasteiger partial charge >= 0.3 is 0 Å². The van der Waals surface area contributed by atoms with Gasteiger partial charge in [0.05, 0.1) is 0 Å². The molecule has 0 spiro atoms. The van der Waals surface area contributed by atoms with Crippen molar-refractivity contribution in [2.45, 2.75) is 37.6 Å². The lowest BCUT2D eigenvalue weighted by Gasteiger charge is -2.29. The third-order valence-electron chi connectivity index (χ3n) is 3.88. The number of pyridine rings is 1. The maximum Gasteiger partial charge on any atom is 0.0300 e. The predicted octanol–water partition coefficient (Wildman–Crippen LogP) is 2.16. The average molecular weight is 202 g/mol. The summed E-state index contributed by atoms with van der Waals surface area (Å²) in [5.41, 5.74) is 1.81. The van der Waals surface area contributed by atoms with Crippen LogP contribution in [-0.2, 0) is 6.42 Å². The molecule has 2 fully saturated rings. The molecule has 2 aliphatic rings. The number of hydrogen-bond acceptors (Lipinski definition) is 2. The van der Waals surface area contributed by atoms with E-state index in [0.717, 1.165) is 5.92 Å². The third kappa shape index (κ3) is 1.78.